The molecule has 0 aliphatic heterocycles. The maximum absolute atomic E-state index is 12.1. The summed E-state index contributed by atoms with van der Waals surface area (Å²) in [4.78, 5) is 14.2. The Kier molecular flexibility index (Phi) is 5.39. The topological polar surface area (TPSA) is 57.1 Å². The van der Waals surface area contributed by atoms with E-state index in [4.69, 9.17) is 0 Å². The van der Waals surface area contributed by atoms with Crippen LogP contribution < -0.4 is 10.2 Å². The molecule has 26 heavy (non-hydrogen) atoms. The second-order valence-electron chi connectivity index (χ2n) is 5.98. The molecule has 1 amide bonds. The molecule has 0 saturated heterocycles. The summed E-state index contributed by atoms with van der Waals surface area (Å²) >= 11 is 0. The first-order valence-electron chi connectivity index (χ1n) is 8.27. The molecule has 5 nitrogen and oxygen atoms in total. The van der Waals surface area contributed by atoms with E-state index in [1.165, 1.54) is 0 Å². The lowest BCUT2D eigenvalue weighted by Crippen LogP contribution is -2.11. The van der Waals surface area contributed by atoms with Crippen LogP contribution in [0.15, 0.2) is 89.1 Å². The zero-order valence-corrected chi connectivity index (χ0v) is 14.8. The van der Waals surface area contributed by atoms with E-state index < -0.39 is 0 Å². The first-order valence-corrected chi connectivity index (χ1v) is 8.27. The van der Waals surface area contributed by atoms with Crippen LogP contribution in [0.25, 0.3) is 0 Å². The number of amides is 1. The van der Waals surface area contributed by atoms with Gasteiger partial charge in [0.15, 0.2) is 0 Å². The predicted octanol–water partition coefficient (Wildman–Crippen LogP) is 5.42. The van der Waals surface area contributed by atoms with Gasteiger partial charge in [0.1, 0.15) is 0 Å². The Bertz CT molecular complexity index is 886. The van der Waals surface area contributed by atoms with E-state index in [0.717, 1.165) is 17.1 Å². The van der Waals surface area contributed by atoms with E-state index in [0.29, 0.717) is 11.3 Å². The fraction of sp³-hybridized carbons (Fsp3) is 0.0952. The molecule has 5 heteroatoms. The minimum atomic E-state index is -0.138. The summed E-state index contributed by atoms with van der Waals surface area (Å²) in [5, 5.41) is 11.3. The Hall–Kier alpha value is -3.47. The van der Waals surface area contributed by atoms with Crippen molar-refractivity contribution < 1.29 is 4.79 Å². The molecule has 0 aliphatic rings. The van der Waals surface area contributed by atoms with Gasteiger partial charge in [-0.15, -0.1) is 0 Å². The van der Waals surface area contributed by atoms with Crippen molar-refractivity contribution in [1.82, 2.24) is 0 Å². The van der Waals surface area contributed by atoms with Crippen molar-refractivity contribution in [1.29, 1.82) is 0 Å². The van der Waals surface area contributed by atoms with Crippen LogP contribution in [-0.2, 0) is 0 Å². The van der Waals surface area contributed by atoms with Crippen LogP contribution in [0.3, 0.4) is 0 Å². The molecule has 0 unspecified atom stereocenters. The standard InChI is InChI=1S/C21H20N4O/c1-25(2)20-14-12-19(13-15-20)24-23-18-10-8-17(9-11-18)22-21(26)16-6-4-3-5-7-16/h3-15H,1-2H3,(H,22,26). The number of hydrogen-bond acceptors (Lipinski definition) is 4. The SMILES string of the molecule is CN(C)c1ccc(N=Nc2ccc(NC(=O)c3ccccc3)cc2)cc1. The van der Waals surface area contributed by atoms with Crippen molar-refractivity contribution in [2.24, 2.45) is 10.2 Å². The van der Waals surface area contributed by atoms with Crippen molar-refractivity contribution >= 4 is 28.7 Å². The number of rotatable bonds is 5. The number of anilines is 2. The fourth-order valence-electron chi connectivity index (χ4n) is 2.34. The number of hydrogen-bond donors (Lipinski definition) is 1. The number of carbonyl (C=O) groups excluding carboxylic acids is 1. The van der Waals surface area contributed by atoms with Gasteiger partial charge in [-0.25, -0.2) is 0 Å². The highest BCUT2D eigenvalue weighted by Gasteiger charge is 2.04. The predicted molar refractivity (Wildman–Crippen MR) is 106 cm³/mol. The van der Waals surface area contributed by atoms with Crippen LogP contribution in [0.4, 0.5) is 22.7 Å². The molecule has 0 aromatic heterocycles. The lowest BCUT2D eigenvalue weighted by atomic mass is 10.2. The average Bonchev–Trinajstić information content (AvgIpc) is 2.68. The van der Waals surface area contributed by atoms with Gasteiger partial charge in [0.25, 0.3) is 5.91 Å². The molecule has 0 spiro atoms. The summed E-state index contributed by atoms with van der Waals surface area (Å²) in [6.45, 7) is 0. The third kappa shape index (κ3) is 4.54. The number of nitrogens with one attached hydrogen (secondary N) is 1. The van der Waals surface area contributed by atoms with E-state index >= 15 is 0 Å². The van der Waals surface area contributed by atoms with Gasteiger partial charge in [-0.2, -0.15) is 10.2 Å². The van der Waals surface area contributed by atoms with E-state index in [2.05, 4.69) is 15.5 Å². The van der Waals surface area contributed by atoms with E-state index in [1.807, 2.05) is 85.7 Å². The molecule has 130 valence electrons. The van der Waals surface area contributed by atoms with Crippen LogP contribution in [-0.4, -0.2) is 20.0 Å². The Morgan fingerprint density at radius 2 is 1.31 bits per heavy atom. The van der Waals surface area contributed by atoms with Gasteiger partial charge in [0, 0.05) is 31.0 Å². The molecule has 0 heterocycles. The third-order valence-electron chi connectivity index (χ3n) is 3.81. The fourth-order valence-corrected chi connectivity index (χ4v) is 2.34. The van der Waals surface area contributed by atoms with Crippen molar-refractivity contribution in [3.05, 3.63) is 84.4 Å². The first-order chi connectivity index (χ1) is 12.6. The van der Waals surface area contributed by atoms with Crippen molar-refractivity contribution in [3.8, 4) is 0 Å². The smallest absolute Gasteiger partial charge is 0.255 e. The molecule has 3 aromatic rings. The Balaban J connectivity index is 1.63. The van der Waals surface area contributed by atoms with E-state index in [9.17, 15) is 4.79 Å². The monoisotopic (exact) mass is 344 g/mol. The first kappa shape index (κ1) is 17.4. The Labute approximate surface area is 153 Å². The number of azo groups is 1. The zero-order valence-electron chi connectivity index (χ0n) is 14.8. The maximum Gasteiger partial charge on any atom is 0.255 e. The molecule has 0 atom stereocenters. The normalized spacial score (nSPS) is 10.7. The molecular formula is C21H20N4O. The van der Waals surface area contributed by atoms with Gasteiger partial charge >= 0.3 is 0 Å². The van der Waals surface area contributed by atoms with Crippen molar-refractivity contribution in [3.63, 3.8) is 0 Å². The quantitative estimate of drug-likeness (QED) is 0.628. The molecule has 0 saturated carbocycles. The van der Waals surface area contributed by atoms with Crippen LogP contribution in [0.2, 0.25) is 0 Å². The lowest BCUT2D eigenvalue weighted by molar-refractivity contribution is 0.102. The zero-order chi connectivity index (χ0) is 18.4. The van der Waals surface area contributed by atoms with Crippen LogP contribution >= 0.6 is 0 Å². The van der Waals surface area contributed by atoms with Crippen LogP contribution in [0, 0.1) is 0 Å². The minimum Gasteiger partial charge on any atom is -0.378 e. The molecule has 0 fully saturated rings. The second kappa shape index (κ2) is 8.07. The van der Waals surface area contributed by atoms with Gasteiger partial charge in [-0.3, -0.25) is 4.79 Å². The summed E-state index contributed by atoms with van der Waals surface area (Å²) in [7, 11) is 3.99. The molecular weight excluding hydrogens is 324 g/mol. The molecule has 3 aromatic carbocycles. The summed E-state index contributed by atoms with van der Waals surface area (Å²) in [5.74, 6) is -0.138. The lowest BCUT2D eigenvalue weighted by Gasteiger charge is -2.11. The molecule has 3 rings (SSSR count). The molecule has 0 aliphatic carbocycles. The average molecular weight is 344 g/mol. The van der Waals surface area contributed by atoms with Crippen molar-refractivity contribution in [2.45, 2.75) is 0 Å². The summed E-state index contributed by atoms with van der Waals surface area (Å²) in [6.07, 6.45) is 0. The van der Waals surface area contributed by atoms with Crippen LogP contribution in [0.1, 0.15) is 10.4 Å². The Morgan fingerprint density at radius 1 is 0.769 bits per heavy atom. The largest absolute Gasteiger partial charge is 0.378 e. The maximum atomic E-state index is 12.1. The summed E-state index contributed by atoms with van der Waals surface area (Å²) in [6, 6.07) is 24.2. The van der Waals surface area contributed by atoms with Gasteiger partial charge in [-0.05, 0) is 60.7 Å². The second-order valence-corrected chi connectivity index (χ2v) is 5.98. The highest BCUT2D eigenvalue weighted by atomic mass is 16.1. The number of benzene rings is 3. The molecule has 0 bridgehead atoms. The van der Waals surface area contributed by atoms with Gasteiger partial charge in [0.2, 0.25) is 0 Å². The number of carbonyl (C=O) groups is 1. The highest BCUT2D eigenvalue weighted by Crippen LogP contribution is 2.22. The Morgan fingerprint density at radius 3 is 1.85 bits per heavy atom. The van der Waals surface area contributed by atoms with Gasteiger partial charge in [0.05, 0.1) is 11.4 Å². The number of nitrogens with zero attached hydrogens (tertiary/aromatic N) is 3. The third-order valence-corrected chi connectivity index (χ3v) is 3.81. The van der Waals surface area contributed by atoms with Crippen molar-refractivity contribution in [2.75, 3.05) is 24.3 Å². The minimum absolute atomic E-state index is 0.138. The molecule has 1 N–H and O–H groups in total. The van der Waals surface area contributed by atoms with E-state index in [1.54, 1.807) is 12.1 Å². The van der Waals surface area contributed by atoms with E-state index in [-0.39, 0.29) is 5.91 Å². The highest BCUT2D eigenvalue weighted by molar-refractivity contribution is 6.04. The van der Waals surface area contributed by atoms with Gasteiger partial charge in [-0.1, -0.05) is 18.2 Å². The van der Waals surface area contributed by atoms with Crippen LogP contribution in [0.5, 0.6) is 0 Å². The molecule has 0 radical (unpaired) electrons. The summed E-state index contributed by atoms with van der Waals surface area (Å²) < 4.78 is 0. The summed E-state index contributed by atoms with van der Waals surface area (Å²) in [5.41, 5.74) is 3.96. The van der Waals surface area contributed by atoms with Gasteiger partial charge < -0.3 is 10.2 Å².